The molecule has 1 aliphatic carbocycles. The number of hydrogen-bond acceptors (Lipinski definition) is 4. The number of para-hydroxylation sites is 1. The van der Waals surface area contributed by atoms with Crippen LogP contribution in [0.5, 0.6) is 0 Å². The molecule has 0 saturated carbocycles. The van der Waals surface area contributed by atoms with E-state index < -0.39 is 0 Å². The molecule has 6 nitrogen and oxygen atoms in total. The number of fused-ring (bicyclic) bond motifs is 3. The molecule has 2 amide bonds. The van der Waals surface area contributed by atoms with Crippen molar-refractivity contribution >= 4 is 23.2 Å². The largest absolute Gasteiger partial charge is 0.351 e. The van der Waals surface area contributed by atoms with Crippen molar-refractivity contribution in [3.8, 4) is 16.1 Å². The van der Waals surface area contributed by atoms with Crippen LogP contribution >= 0.6 is 11.3 Å². The number of benzene rings is 1. The second-order valence-corrected chi connectivity index (χ2v) is 9.27. The van der Waals surface area contributed by atoms with Crippen molar-refractivity contribution in [2.75, 3.05) is 19.6 Å². The zero-order valence-corrected chi connectivity index (χ0v) is 18.5. The van der Waals surface area contributed by atoms with Crippen LogP contribution in [0.3, 0.4) is 0 Å². The van der Waals surface area contributed by atoms with E-state index in [1.807, 2.05) is 40.8 Å². The maximum atomic E-state index is 12.7. The van der Waals surface area contributed by atoms with Gasteiger partial charge >= 0.3 is 0 Å². The molecule has 0 spiro atoms. The quantitative estimate of drug-likeness (QED) is 0.601. The fourth-order valence-electron chi connectivity index (χ4n) is 4.57. The molecule has 31 heavy (non-hydrogen) atoms. The van der Waals surface area contributed by atoms with Gasteiger partial charge in [0.25, 0.3) is 5.91 Å². The van der Waals surface area contributed by atoms with Crippen LogP contribution in [0.2, 0.25) is 0 Å². The predicted molar refractivity (Wildman–Crippen MR) is 122 cm³/mol. The topological polar surface area (TPSA) is 67.2 Å². The number of carbonyl (C=O) groups excluding carboxylic acids is 2. The summed E-state index contributed by atoms with van der Waals surface area (Å²) in [4.78, 5) is 28.3. The molecule has 5 rings (SSSR count). The summed E-state index contributed by atoms with van der Waals surface area (Å²) in [5.74, 6) is 0.210. The van der Waals surface area contributed by atoms with Crippen LogP contribution in [0.25, 0.3) is 16.1 Å². The number of nitrogens with one attached hydrogen (secondary N) is 1. The first-order valence-electron chi connectivity index (χ1n) is 10.9. The fourth-order valence-corrected chi connectivity index (χ4v) is 5.82. The summed E-state index contributed by atoms with van der Waals surface area (Å²) in [6.07, 6.45) is 4.24. The Morgan fingerprint density at radius 2 is 2.03 bits per heavy atom. The lowest BCUT2D eigenvalue weighted by Gasteiger charge is -2.15. The highest BCUT2D eigenvalue weighted by molar-refractivity contribution is 7.17. The summed E-state index contributed by atoms with van der Waals surface area (Å²) in [5, 5.41) is 7.84. The van der Waals surface area contributed by atoms with E-state index in [1.54, 1.807) is 11.3 Å². The fraction of sp³-hybridized carbons (Fsp3) is 0.375. The Morgan fingerprint density at radius 1 is 1.19 bits per heavy atom. The van der Waals surface area contributed by atoms with E-state index in [9.17, 15) is 9.59 Å². The highest BCUT2D eigenvalue weighted by atomic mass is 32.1. The molecule has 0 unspecified atom stereocenters. The van der Waals surface area contributed by atoms with Gasteiger partial charge in [0.15, 0.2) is 0 Å². The lowest BCUT2D eigenvalue weighted by Crippen LogP contribution is -2.30. The molecule has 1 fully saturated rings. The molecular formula is C24H26N4O2S. The second kappa shape index (κ2) is 8.30. The molecular weight excluding hydrogens is 408 g/mol. The molecule has 3 heterocycles. The number of amides is 2. The van der Waals surface area contributed by atoms with E-state index in [0.29, 0.717) is 13.0 Å². The van der Waals surface area contributed by atoms with Gasteiger partial charge in [0.05, 0.1) is 22.0 Å². The van der Waals surface area contributed by atoms with Crippen molar-refractivity contribution in [3.05, 3.63) is 58.2 Å². The first-order chi connectivity index (χ1) is 15.1. The maximum Gasteiger partial charge on any atom is 0.261 e. The zero-order valence-electron chi connectivity index (χ0n) is 17.7. The number of carbonyl (C=O) groups is 2. The van der Waals surface area contributed by atoms with Gasteiger partial charge in [0.1, 0.15) is 0 Å². The lowest BCUT2D eigenvalue weighted by molar-refractivity contribution is -0.127. The Balaban J connectivity index is 1.30. The molecule has 7 heteroatoms. The van der Waals surface area contributed by atoms with Crippen LogP contribution in [0, 0.1) is 6.92 Å². The maximum absolute atomic E-state index is 12.7. The van der Waals surface area contributed by atoms with Crippen molar-refractivity contribution in [2.45, 2.75) is 39.0 Å². The van der Waals surface area contributed by atoms with Gasteiger partial charge in [-0.3, -0.25) is 9.59 Å². The van der Waals surface area contributed by atoms with Crippen molar-refractivity contribution in [1.82, 2.24) is 20.0 Å². The number of aromatic nitrogens is 2. The predicted octanol–water partition coefficient (Wildman–Crippen LogP) is 3.75. The van der Waals surface area contributed by atoms with E-state index in [0.717, 1.165) is 55.0 Å². The average molecular weight is 435 g/mol. The van der Waals surface area contributed by atoms with Gasteiger partial charge in [-0.2, -0.15) is 5.10 Å². The summed E-state index contributed by atoms with van der Waals surface area (Å²) in [7, 11) is 0. The van der Waals surface area contributed by atoms with Crippen LogP contribution in [-0.4, -0.2) is 46.1 Å². The van der Waals surface area contributed by atoms with Crippen LogP contribution in [0.1, 0.15) is 45.9 Å². The summed E-state index contributed by atoms with van der Waals surface area (Å²) in [6, 6.07) is 12.3. The van der Waals surface area contributed by atoms with Crippen molar-refractivity contribution in [3.63, 3.8) is 0 Å². The standard InChI is InChI=1S/C24H26N4O2S/c1-16-22-19(28(26-16)18-7-3-2-4-8-18)11-10-17-15-20(31-23(17)22)24(30)25-12-6-14-27-13-5-9-21(27)29/h2-4,7-8,15H,5-6,9-14H2,1H3,(H,25,30). The van der Waals surface area contributed by atoms with Gasteiger partial charge in [0.2, 0.25) is 5.91 Å². The van der Waals surface area contributed by atoms with E-state index >= 15 is 0 Å². The number of likely N-dealkylation sites (tertiary alicyclic amines) is 1. The molecule has 0 radical (unpaired) electrons. The Hall–Kier alpha value is -2.93. The molecule has 1 saturated heterocycles. The molecule has 160 valence electrons. The van der Waals surface area contributed by atoms with Crippen LogP contribution in [0.15, 0.2) is 36.4 Å². The molecule has 0 atom stereocenters. The summed E-state index contributed by atoms with van der Waals surface area (Å²) >= 11 is 1.56. The third-order valence-corrected chi connectivity index (χ3v) is 7.30. The first-order valence-corrected chi connectivity index (χ1v) is 11.8. The van der Waals surface area contributed by atoms with Gasteiger partial charge in [-0.1, -0.05) is 18.2 Å². The highest BCUT2D eigenvalue weighted by Crippen LogP contribution is 2.42. The number of aryl methyl sites for hydroxylation is 2. The van der Waals surface area contributed by atoms with E-state index in [-0.39, 0.29) is 11.8 Å². The Bertz CT molecular complexity index is 1130. The van der Waals surface area contributed by atoms with Gasteiger partial charge < -0.3 is 10.2 Å². The number of nitrogens with zero attached hydrogens (tertiary/aromatic N) is 3. The second-order valence-electron chi connectivity index (χ2n) is 8.21. The highest BCUT2D eigenvalue weighted by Gasteiger charge is 2.27. The molecule has 2 aromatic heterocycles. The Morgan fingerprint density at radius 3 is 2.81 bits per heavy atom. The minimum atomic E-state index is -0.0261. The minimum absolute atomic E-state index is 0.0261. The van der Waals surface area contributed by atoms with Gasteiger partial charge in [-0.25, -0.2) is 4.68 Å². The Kier molecular flexibility index (Phi) is 5.36. The third-order valence-electron chi connectivity index (χ3n) is 6.11. The van der Waals surface area contributed by atoms with Crippen LogP contribution in [0.4, 0.5) is 0 Å². The number of rotatable bonds is 6. The molecule has 3 aromatic rings. The van der Waals surface area contributed by atoms with Crippen molar-refractivity contribution < 1.29 is 9.59 Å². The molecule has 0 bridgehead atoms. The van der Waals surface area contributed by atoms with Crippen LogP contribution in [-0.2, 0) is 17.6 Å². The summed E-state index contributed by atoms with van der Waals surface area (Å²) in [5.41, 5.74) is 5.72. The summed E-state index contributed by atoms with van der Waals surface area (Å²) in [6.45, 7) is 4.21. The Labute approximate surface area is 185 Å². The number of hydrogen-bond donors (Lipinski definition) is 1. The van der Waals surface area contributed by atoms with Gasteiger partial charge in [-0.15, -0.1) is 11.3 Å². The van der Waals surface area contributed by atoms with E-state index in [2.05, 4.69) is 17.4 Å². The number of thiophene rings is 1. The third kappa shape index (κ3) is 3.78. The van der Waals surface area contributed by atoms with Gasteiger partial charge in [0, 0.05) is 36.5 Å². The molecule has 1 N–H and O–H groups in total. The lowest BCUT2D eigenvalue weighted by atomic mass is 9.95. The normalized spacial score (nSPS) is 15.1. The van der Waals surface area contributed by atoms with Crippen molar-refractivity contribution in [2.24, 2.45) is 0 Å². The molecule has 2 aliphatic rings. The average Bonchev–Trinajstić information content (AvgIpc) is 3.48. The van der Waals surface area contributed by atoms with Gasteiger partial charge in [-0.05, 0) is 56.4 Å². The monoisotopic (exact) mass is 434 g/mol. The SMILES string of the molecule is Cc1nn(-c2ccccc2)c2c1-c1sc(C(=O)NCCCN3CCCC3=O)cc1CC2. The van der Waals surface area contributed by atoms with E-state index in [1.165, 1.54) is 21.7 Å². The smallest absolute Gasteiger partial charge is 0.261 e. The summed E-state index contributed by atoms with van der Waals surface area (Å²) < 4.78 is 2.05. The van der Waals surface area contributed by atoms with Crippen molar-refractivity contribution in [1.29, 1.82) is 0 Å². The van der Waals surface area contributed by atoms with E-state index in [4.69, 9.17) is 5.10 Å². The zero-order chi connectivity index (χ0) is 21.4. The minimum Gasteiger partial charge on any atom is -0.351 e. The van der Waals surface area contributed by atoms with Crippen LogP contribution < -0.4 is 5.32 Å². The molecule has 1 aromatic carbocycles. The first kappa shape index (κ1) is 20.0. The molecule has 1 aliphatic heterocycles.